The number of aromatic nitrogens is 2. The average molecular weight is 543 g/mol. The SMILES string of the molecule is [2H]C([2H])(O[P@@](=O)(C[C@@H](C)C(=O)OC(C)C)Oc1ccccc1)[C@@H]1O[C@H](n2cc(C)c(=S)[nH]c2=O)[C@H](C)C1O. The van der Waals surface area contributed by atoms with Gasteiger partial charge in [-0.2, -0.15) is 0 Å². The molecule has 12 heteroatoms. The Labute approximate surface area is 217 Å². The first-order valence-corrected chi connectivity index (χ1v) is 13.7. The van der Waals surface area contributed by atoms with Crippen molar-refractivity contribution in [1.82, 2.24) is 9.55 Å². The molecule has 1 saturated heterocycles. The van der Waals surface area contributed by atoms with Crippen LogP contribution in [0.5, 0.6) is 5.75 Å². The van der Waals surface area contributed by atoms with Crippen molar-refractivity contribution in [3.8, 4) is 5.75 Å². The number of rotatable bonds is 10. The van der Waals surface area contributed by atoms with Crippen LogP contribution in [0.1, 0.15) is 42.2 Å². The number of carbonyl (C=O) groups excluding carboxylic acids is 1. The minimum atomic E-state index is -4.39. The fourth-order valence-corrected chi connectivity index (χ4v) is 5.47. The Hall–Kier alpha value is -2.30. The fraction of sp³-hybridized carbons (Fsp3) is 0.542. The summed E-state index contributed by atoms with van der Waals surface area (Å²) in [6, 6.07) is 7.99. The number of aliphatic hydroxyl groups excluding tert-OH is 1. The van der Waals surface area contributed by atoms with Crippen LogP contribution < -0.4 is 10.2 Å². The number of H-pyrrole nitrogens is 1. The molecule has 10 nitrogen and oxygen atoms in total. The Morgan fingerprint density at radius 3 is 2.64 bits per heavy atom. The quantitative estimate of drug-likeness (QED) is 0.260. The van der Waals surface area contributed by atoms with E-state index >= 15 is 0 Å². The number of hydrogen-bond acceptors (Lipinski definition) is 9. The van der Waals surface area contributed by atoms with E-state index in [1.807, 2.05) is 0 Å². The number of para-hydroxylation sites is 1. The lowest BCUT2D eigenvalue weighted by atomic mass is 10.0. The van der Waals surface area contributed by atoms with Crippen LogP contribution in [0.15, 0.2) is 41.3 Å². The summed E-state index contributed by atoms with van der Waals surface area (Å²) in [5.74, 6) is -2.23. The van der Waals surface area contributed by atoms with E-state index in [0.29, 0.717) is 5.56 Å². The third kappa shape index (κ3) is 6.92. The average Bonchev–Trinajstić information content (AvgIpc) is 3.11. The number of nitrogens with one attached hydrogen (secondary N) is 1. The van der Waals surface area contributed by atoms with Crippen molar-refractivity contribution in [2.75, 3.05) is 12.7 Å². The standard InChI is InChI=1S/C24H33N2O8PS/c1-14(2)32-23(28)16(4)13-35(30,34-18-9-7-6-8-10-18)31-12-19-20(27)17(5)22(33-19)26-11-15(3)21(36)25-24(26)29/h6-11,14,16-17,19-20,22,27H,12-13H2,1-5H3,(H,25,29,36)/t16-,17-,19+,20?,22+,35+/m1/s1/i12D2. The second-order valence-corrected chi connectivity index (χ2v) is 11.4. The smallest absolute Gasteiger partial charge is 0.380 e. The van der Waals surface area contributed by atoms with E-state index < -0.39 is 68.4 Å². The number of aliphatic hydroxyl groups is 1. The molecule has 2 N–H and O–H groups in total. The van der Waals surface area contributed by atoms with E-state index in [-0.39, 0.29) is 10.4 Å². The topological polar surface area (TPSA) is 129 Å². The molecule has 0 amide bonds. The maximum absolute atomic E-state index is 13.9. The van der Waals surface area contributed by atoms with Gasteiger partial charge in [-0.15, -0.1) is 0 Å². The van der Waals surface area contributed by atoms with Gasteiger partial charge in [0.15, 0.2) is 0 Å². The molecule has 0 saturated carbocycles. The Bertz CT molecular complexity index is 1300. The van der Waals surface area contributed by atoms with Gasteiger partial charge in [0, 0.05) is 17.7 Å². The van der Waals surface area contributed by atoms with Crippen LogP contribution in [-0.2, 0) is 23.4 Å². The van der Waals surface area contributed by atoms with Crippen molar-refractivity contribution >= 4 is 25.8 Å². The van der Waals surface area contributed by atoms with Crippen LogP contribution in [0.2, 0.25) is 0 Å². The third-order valence-electron chi connectivity index (χ3n) is 5.55. The van der Waals surface area contributed by atoms with Crippen LogP contribution in [0, 0.1) is 23.4 Å². The molecule has 1 unspecified atom stereocenters. The molecular weight excluding hydrogens is 507 g/mol. The molecule has 1 aromatic carbocycles. The van der Waals surface area contributed by atoms with E-state index in [1.54, 1.807) is 45.9 Å². The first-order valence-electron chi connectivity index (χ1n) is 12.5. The summed E-state index contributed by atoms with van der Waals surface area (Å²) in [6.45, 7) is 5.23. The highest BCUT2D eigenvalue weighted by Gasteiger charge is 2.44. The molecule has 1 fully saturated rings. The molecule has 1 aliphatic heterocycles. The molecule has 0 bridgehead atoms. The number of nitrogens with zero attached hydrogens (tertiary/aromatic N) is 1. The maximum atomic E-state index is 13.9. The van der Waals surface area contributed by atoms with Gasteiger partial charge in [0.25, 0.3) is 0 Å². The van der Waals surface area contributed by atoms with E-state index in [0.717, 1.165) is 0 Å². The van der Waals surface area contributed by atoms with E-state index in [1.165, 1.54) is 29.8 Å². The van der Waals surface area contributed by atoms with Gasteiger partial charge < -0.3 is 19.1 Å². The zero-order chi connectivity index (χ0) is 28.4. The van der Waals surface area contributed by atoms with Gasteiger partial charge in [-0.1, -0.05) is 44.3 Å². The maximum Gasteiger partial charge on any atom is 0.380 e. The predicted octanol–water partition coefficient (Wildman–Crippen LogP) is 3.99. The normalized spacial score (nSPS) is 25.5. The minimum absolute atomic E-state index is 0.136. The lowest BCUT2D eigenvalue weighted by molar-refractivity contribution is -0.151. The number of aryl methyl sites for hydroxylation is 1. The van der Waals surface area contributed by atoms with E-state index in [4.69, 9.17) is 33.5 Å². The van der Waals surface area contributed by atoms with Crippen molar-refractivity contribution in [1.29, 1.82) is 0 Å². The summed E-state index contributed by atoms with van der Waals surface area (Å²) < 4.78 is 54.6. The predicted molar refractivity (Wildman–Crippen MR) is 136 cm³/mol. The summed E-state index contributed by atoms with van der Waals surface area (Å²) in [4.78, 5) is 27.5. The molecule has 6 atom stereocenters. The summed E-state index contributed by atoms with van der Waals surface area (Å²) in [7, 11) is -4.39. The lowest BCUT2D eigenvalue weighted by Gasteiger charge is -2.24. The number of ether oxygens (including phenoxy) is 2. The highest BCUT2D eigenvalue weighted by Crippen LogP contribution is 2.51. The second kappa shape index (κ2) is 11.8. The molecule has 0 aliphatic carbocycles. The molecule has 0 radical (unpaired) electrons. The number of carbonyl (C=O) groups is 1. The first kappa shape index (κ1) is 25.4. The second-order valence-electron chi connectivity index (χ2n) is 9.07. The first-order chi connectivity index (χ1) is 17.6. The monoisotopic (exact) mass is 542 g/mol. The summed E-state index contributed by atoms with van der Waals surface area (Å²) in [5, 5.41) is 10.9. The fourth-order valence-electron chi connectivity index (χ4n) is 3.62. The Morgan fingerprint density at radius 2 is 2.00 bits per heavy atom. The molecule has 1 aromatic heterocycles. The van der Waals surface area contributed by atoms with Crippen molar-refractivity contribution < 1.29 is 35.7 Å². The summed E-state index contributed by atoms with van der Waals surface area (Å²) in [6.07, 6.45) is -3.61. The van der Waals surface area contributed by atoms with Crippen LogP contribution >= 0.6 is 19.8 Å². The molecule has 2 heterocycles. The van der Waals surface area contributed by atoms with Crippen molar-refractivity contribution in [3.05, 3.63) is 57.2 Å². The van der Waals surface area contributed by atoms with Crippen molar-refractivity contribution in [2.24, 2.45) is 11.8 Å². The van der Waals surface area contributed by atoms with Crippen LogP contribution in [-0.4, -0.2) is 51.7 Å². The molecule has 198 valence electrons. The Balaban J connectivity index is 1.90. The number of aromatic amines is 1. The largest absolute Gasteiger partial charge is 0.463 e. The van der Waals surface area contributed by atoms with Crippen molar-refractivity contribution in [3.63, 3.8) is 0 Å². The Morgan fingerprint density at radius 1 is 1.33 bits per heavy atom. The molecule has 1 aliphatic rings. The zero-order valence-electron chi connectivity index (χ0n) is 22.7. The van der Waals surface area contributed by atoms with Gasteiger partial charge >= 0.3 is 19.3 Å². The van der Waals surface area contributed by atoms with Crippen LogP contribution in [0.4, 0.5) is 0 Å². The minimum Gasteiger partial charge on any atom is -0.463 e. The lowest BCUT2D eigenvalue weighted by Crippen LogP contribution is -2.31. The highest BCUT2D eigenvalue weighted by molar-refractivity contribution is 7.71. The molecule has 0 spiro atoms. The van der Waals surface area contributed by atoms with E-state index in [9.17, 15) is 19.3 Å². The van der Waals surface area contributed by atoms with Gasteiger partial charge in [0.05, 0.1) is 33.6 Å². The van der Waals surface area contributed by atoms with Gasteiger partial charge in [0.1, 0.15) is 22.7 Å². The number of benzene rings is 1. The summed E-state index contributed by atoms with van der Waals surface area (Å²) >= 11 is 5.08. The van der Waals surface area contributed by atoms with Crippen LogP contribution in [0.3, 0.4) is 0 Å². The zero-order valence-corrected chi connectivity index (χ0v) is 22.5. The number of esters is 1. The molecule has 36 heavy (non-hydrogen) atoms. The third-order valence-corrected chi connectivity index (χ3v) is 7.84. The molecule has 2 aromatic rings. The summed E-state index contributed by atoms with van der Waals surface area (Å²) in [5.41, 5.74) is -0.0158. The number of hydrogen-bond donors (Lipinski definition) is 2. The van der Waals surface area contributed by atoms with Gasteiger partial charge in [-0.25, -0.2) is 9.36 Å². The Kier molecular flexibility index (Phi) is 8.33. The van der Waals surface area contributed by atoms with Gasteiger partial charge in [-0.3, -0.25) is 18.9 Å². The van der Waals surface area contributed by atoms with Gasteiger partial charge in [0.2, 0.25) is 0 Å². The molecular formula is C24H33N2O8PS. The van der Waals surface area contributed by atoms with Crippen molar-refractivity contribution in [2.45, 2.75) is 59.2 Å². The van der Waals surface area contributed by atoms with Crippen LogP contribution in [0.25, 0.3) is 0 Å². The van der Waals surface area contributed by atoms with E-state index in [2.05, 4.69) is 4.98 Å². The molecule has 3 rings (SSSR count). The van der Waals surface area contributed by atoms with Gasteiger partial charge in [-0.05, 0) is 32.9 Å². The highest BCUT2D eigenvalue weighted by atomic mass is 32.1.